The van der Waals surface area contributed by atoms with E-state index < -0.39 is 32.3 Å². The van der Waals surface area contributed by atoms with E-state index in [2.05, 4.69) is 10.5 Å². The van der Waals surface area contributed by atoms with Gasteiger partial charge in [0.1, 0.15) is 10.6 Å². The van der Waals surface area contributed by atoms with Gasteiger partial charge in [-0.2, -0.15) is 13.5 Å². The second-order valence-corrected chi connectivity index (χ2v) is 7.70. The van der Waals surface area contributed by atoms with E-state index in [0.717, 1.165) is 6.07 Å². The van der Waals surface area contributed by atoms with E-state index in [1.54, 1.807) is 31.2 Å². The maximum absolute atomic E-state index is 12.5. The summed E-state index contributed by atoms with van der Waals surface area (Å²) in [4.78, 5) is 23.3. The molecule has 11 heteroatoms. The molecule has 2 aromatic carbocycles. The van der Waals surface area contributed by atoms with Gasteiger partial charge in [0.2, 0.25) is 5.78 Å². The predicted octanol–water partition coefficient (Wildman–Crippen LogP) is -1.57. The Balaban J connectivity index is 0.00000300. The number of rotatable bonds is 4. The average molecular weight is 443 g/mol. The van der Waals surface area contributed by atoms with Crippen molar-refractivity contribution < 1.29 is 57.2 Å². The topological polar surface area (TPSA) is 136 Å². The molecular formula is C18H12ClN2NaO6S. The summed E-state index contributed by atoms with van der Waals surface area (Å²) < 4.78 is 32.7. The van der Waals surface area contributed by atoms with Crippen LogP contribution in [0.2, 0.25) is 5.02 Å². The van der Waals surface area contributed by atoms with Crippen LogP contribution in [0.3, 0.4) is 0 Å². The normalized spacial score (nSPS) is 14.7. The van der Waals surface area contributed by atoms with E-state index in [1.807, 2.05) is 0 Å². The van der Waals surface area contributed by atoms with Crippen molar-refractivity contribution in [3.05, 3.63) is 63.7 Å². The zero-order valence-corrected chi connectivity index (χ0v) is 18.8. The molecule has 2 N–H and O–H groups in total. The van der Waals surface area contributed by atoms with Crippen LogP contribution in [0.15, 0.2) is 52.0 Å². The fourth-order valence-electron chi connectivity index (χ4n) is 2.64. The predicted molar refractivity (Wildman–Crippen MR) is 101 cm³/mol. The van der Waals surface area contributed by atoms with Crippen LogP contribution in [0.5, 0.6) is 0 Å². The monoisotopic (exact) mass is 442 g/mol. The van der Waals surface area contributed by atoms with Gasteiger partial charge in [-0.3, -0.25) is 14.8 Å². The van der Waals surface area contributed by atoms with Crippen LogP contribution in [-0.4, -0.2) is 30.4 Å². The van der Waals surface area contributed by atoms with Gasteiger partial charge in [-0.25, -0.2) is 0 Å². The Morgan fingerprint density at radius 3 is 2.52 bits per heavy atom. The van der Waals surface area contributed by atoms with Crippen molar-refractivity contribution in [3.63, 3.8) is 0 Å². The molecule has 1 aliphatic rings. The number of hydrazone groups is 1. The molecular weight excluding hydrogens is 431 g/mol. The van der Waals surface area contributed by atoms with Crippen LogP contribution < -0.4 is 40.1 Å². The van der Waals surface area contributed by atoms with Gasteiger partial charge in [0.05, 0.1) is 11.7 Å². The molecule has 29 heavy (non-hydrogen) atoms. The van der Waals surface area contributed by atoms with Gasteiger partial charge in [0, 0.05) is 16.2 Å². The van der Waals surface area contributed by atoms with Crippen molar-refractivity contribution in [1.29, 1.82) is 0 Å². The Morgan fingerprint density at radius 2 is 1.90 bits per heavy atom. The summed E-state index contributed by atoms with van der Waals surface area (Å²) in [6.45, 7) is 1.55. The van der Waals surface area contributed by atoms with Gasteiger partial charge in [-0.1, -0.05) is 35.9 Å². The molecule has 144 valence electrons. The van der Waals surface area contributed by atoms with Crippen LogP contribution in [-0.2, 0) is 19.7 Å². The number of fused-ring (bicyclic) bond motifs is 1. The molecule has 3 rings (SSSR count). The standard InChI is InChI=1S/C18H13ClN2O6S.Na/c1-9-6-15(28(25,26)27)14(8-13(9)19)20-21-16-11-5-3-2-4-10(11)7-12(17(16)22)18(23)24;/h2-8,20H,1H3,(H,23,24)(H,25,26,27);/q;+1/p-1/b21-16-;. The van der Waals surface area contributed by atoms with Crippen LogP contribution in [0, 0.1) is 6.92 Å². The van der Waals surface area contributed by atoms with Gasteiger partial charge < -0.3 is 9.90 Å². The number of hydrogen-bond donors (Lipinski definition) is 2. The first-order chi connectivity index (χ1) is 13.1. The molecule has 0 aromatic heterocycles. The molecule has 0 amide bonds. The number of aliphatic carboxylic acids is 1. The van der Waals surface area contributed by atoms with Gasteiger partial charge >= 0.3 is 29.6 Å². The Hall–Kier alpha value is -2.01. The van der Waals surface area contributed by atoms with Crippen LogP contribution in [0.25, 0.3) is 6.08 Å². The molecule has 0 radical (unpaired) electrons. The fraction of sp³-hybridized carbons (Fsp3) is 0.0556. The van der Waals surface area contributed by atoms with Gasteiger partial charge in [0.15, 0.2) is 0 Å². The first-order valence-corrected chi connectivity index (χ1v) is 9.60. The summed E-state index contributed by atoms with van der Waals surface area (Å²) in [6, 6.07) is 8.79. The number of ketones is 1. The van der Waals surface area contributed by atoms with Gasteiger partial charge in [-0.15, -0.1) is 0 Å². The number of benzene rings is 2. The van der Waals surface area contributed by atoms with E-state index >= 15 is 0 Å². The van der Waals surface area contributed by atoms with Crippen molar-refractivity contribution in [2.45, 2.75) is 11.8 Å². The van der Waals surface area contributed by atoms with Gasteiger partial charge in [-0.05, 0) is 36.3 Å². The Morgan fingerprint density at radius 1 is 1.24 bits per heavy atom. The number of nitrogens with zero attached hydrogens (tertiary/aromatic N) is 1. The third-order valence-corrected chi connectivity index (χ3v) is 5.32. The van der Waals surface area contributed by atoms with E-state index in [9.17, 15) is 27.7 Å². The largest absolute Gasteiger partial charge is 1.00 e. The minimum atomic E-state index is -4.61. The molecule has 0 saturated carbocycles. The van der Waals surface area contributed by atoms with E-state index in [4.69, 9.17) is 11.6 Å². The van der Waals surface area contributed by atoms with Crippen molar-refractivity contribution in [3.8, 4) is 0 Å². The summed E-state index contributed by atoms with van der Waals surface area (Å²) in [5.41, 5.74) is 2.54. The number of carboxylic acids is 1. The molecule has 0 saturated heterocycles. The Kier molecular flexibility index (Phi) is 7.05. The first kappa shape index (κ1) is 23.3. The first-order valence-electron chi connectivity index (χ1n) is 7.78. The molecule has 8 nitrogen and oxygen atoms in total. The second-order valence-electron chi connectivity index (χ2n) is 5.91. The van der Waals surface area contributed by atoms with Crippen molar-refractivity contribution in [2.75, 3.05) is 5.43 Å². The molecule has 0 fully saturated rings. The number of carbonyl (C=O) groups excluding carboxylic acids is 2. The number of carbonyl (C=O) groups is 2. The summed E-state index contributed by atoms with van der Waals surface area (Å²) in [6.07, 6.45) is 1.18. The number of halogens is 1. The zero-order valence-electron chi connectivity index (χ0n) is 15.3. The van der Waals surface area contributed by atoms with E-state index in [-0.39, 0.29) is 46.0 Å². The third-order valence-electron chi connectivity index (χ3n) is 4.02. The maximum atomic E-state index is 12.5. The molecule has 0 bridgehead atoms. The minimum Gasteiger partial charge on any atom is -0.545 e. The van der Waals surface area contributed by atoms with E-state index in [1.165, 1.54) is 12.1 Å². The van der Waals surface area contributed by atoms with Gasteiger partial charge in [0.25, 0.3) is 10.1 Å². The molecule has 0 aliphatic heterocycles. The number of hydrogen-bond acceptors (Lipinski definition) is 7. The SMILES string of the molecule is Cc1cc(S(=O)(=O)O)c(N/N=C2\C(=O)C(C(=O)[O-])=Cc3ccccc32)cc1Cl.[Na+]. The van der Waals surface area contributed by atoms with Crippen molar-refractivity contribution in [1.82, 2.24) is 0 Å². The number of anilines is 1. The van der Waals surface area contributed by atoms with E-state index in [0.29, 0.717) is 16.7 Å². The summed E-state index contributed by atoms with van der Waals surface area (Å²) in [5, 5.41) is 15.4. The summed E-state index contributed by atoms with van der Waals surface area (Å²) in [5.74, 6) is -2.57. The molecule has 2 aromatic rings. The molecule has 1 aliphatic carbocycles. The Bertz CT molecular complexity index is 1190. The molecule has 0 atom stereocenters. The maximum Gasteiger partial charge on any atom is 1.00 e. The second kappa shape index (κ2) is 8.78. The average Bonchev–Trinajstić information content (AvgIpc) is 2.61. The minimum absolute atomic E-state index is 0. The third kappa shape index (κ3) is 4.77. The number of nitrogens with one attached hydrogen (secondary N) is 1. The molecule has 0 unspecified atom stereocenters. The molecule has 0 spiro atoms. The van der Waals surface area contributed by atoms with Crippen LogP contribution in [0.1, 0.15) is 16.7 Å². The fourth-order valence-corrected chi connectivity index (χ4v) is 3.52. The zero-order chi connectivity index (χ0) is 20.6. The summed E-state index contributed by atoms with van der Waals surface area (Å²) in [7, 11) is -4.61. The van der Waals surface area contributed by atoms with Crippen molar-refractivity contribution >= 4 is 50.9 Å². The Labute approximate surface area is 193 Å². The number of Topliss-reactive ketones (excluding diaryl/α,β-unsaturated/α-hetero) is 1. The van der Waals surface area contributed by atoms with Crippen LogP contribution >= 0.6 is 11.6 Å². The molecule has 0 heterocycles. The smallest absolute Gasteiger partial charge is 0.545 e. The number of aryl methyl sites for hydroxylation is 1. The van der Waals surface area contributed by atoms with Crippen molar-refractivity contribution in [2.24, 2.45) is 5.10 Å². The quantitative estimate of drug-likeness (QED) is 0.253. The summed E-state index contributed by atoms with van der Waals surface area (Å²) >= 11 is 6.00. The number of carboxylic acid groups (broad SMARTS) is 1. The van der Waals surface area contributed by atoms with Crippen LogP contribution in [0.4, 0.5) is 5.69 Å².